The molecular weight excluding hydrogens is 319 g/mol. The molecule has 1 saturated carbocycles. The van der Waals surface area contributed by atoms with Crippen LogP contribution in [0.3, 0.4) is 0 Å². The van der Waals surface area contributed by atoms with E-state index in [1.54, 1.807) is 6.20 Å². The zero-order chi connectivity index (χ0) is 17.1. The maximum Gasteiger partial charge on any atom is 0.123 e. The molecule has 1 aliphatic heterocycles. The third-order valence-electron chi connectivity index (χ3n) is 5.14. The molecule has 0 bridgehead atoms. The zero-order valence-electron chi connectivity index (χ0n) is 14.2. The molecule has 25 heavy (non-hydrogen) atoms. The minimum atomic E-state index is -0.187. The fourth-order valence-corrected chi connectivity index (χ4v) is 3.88. The summed E-state index contributed by atoms with van der Waals surface area (Å²) in [5.41, 5.74) is 2.23. The first-order chi connectivity index (χ1) is 12.3. The summed E-state index contributed by atoms with van der Waals surface area (Å²) < 4.78 is 25.3. The molecule has 1 aromatic carbocycles. The summed E-state index contributed by atoms with van der Waals surface area (Å²) in [6.07, 6.45) is 5.94. The Kier molecular flexibility index (Phi) is 5.06. The van der Waals surface area contributed by atoms with Crippen LogP contribution in [-0.4, -0.2) is 41.3 Å². The number of morpholine rings is 1. The summed E-state index contributed by atoms with van der Waals surface area (Å²) >= 11 is 0. The largest absolute Gasteiger partial charge is 0.373 e. The minimum Gasteiger partial charge on any atom is -0.373 e. The Bertz CT molecular complexity index is 680. The van der Waals surface area contributed by atoms with Gasteiger partial charge in [0.25, 0.3) is 0 Å². The Hall–Kier alpha value is -1.82. The Balaban J connectivity index is 1.37. The smallest absolute Gasteiger partial charge is 0.123 e. The lowest BCUT2D eigenvalue weighted by molar-refractivity contribution is -0.118. The summed E-state index contributed by atoms with van der Waals surface area (Å²) in [4.78, 5) is 6.58. The topological polar surface area (TPSA) is 34.6 Å². The first-order valence-corrected chi connectivity index (χ1v) is 8.90. The van der Waals surface area contributed by atoms with Gasteiger partial charge in [0.15, 0.2) is 0 Å². The van der Waals surface area contributed by atoms with E-state index in [9.17, 15) is 4.39 Å². The zero-order valence-corrected chi connectivity index (χ0v) is 14.2. The number of rotatable bonds is 5. The van der Waals surface area contributed by atoms with Crippen LogP contribution in [-0.2, 0) is 22.6 Å². The molecule has 2 aromatic rings. The van der Waals surface area contributed by atoms with Crippen LogP contribution in [0.1, 0.15) is 24.0 Å². The van der Waals surface area contributed by atoms with Crippen molar-refractivity contribution < 1.29 is 13.9 Å². The van der Waals surface area contributed by atoms with Gasteiger partial charge in [-0.05, 0) is 42.2 Å². The minimum absolute atomic E-state index is 0.117. The highest BCUT2D eigenvalue weighted by Gasteiger charge is 2.43. The van der Waals surface area contributed by atoms with Crippen molar-refractivity contribution in [2.45, 2.75) is 44.2 Å². The molecule has 0 amide bonds. The lowest BCUT2D eigenvalue weighted by atomic mass is 10.1. The van der Waals surface area contributed by atoms with Crippen LogP contribution in [0.2, 0.25) is 0 Å². The molecule has 4 nitrogen and oxygen atoms in total. The van der Waals surface area contributed by atoms with Gasteiger partial charge in [-0.3, -0.25) is 9.88 Å². The van der Waals surface area contributed by atoms with E-state index in [4.69, 9.17) is 9.47 Å². The normalized spacial score (nSPS) is 26.5. The lowest BCUT2D eigenvalue weighted by Gasteiger charge is -2.39. The van der Waals surface area contributed by atoms with Crippen molar-refractivity contribution in [1.82, 2.24) is 9.88 Å². The molecule has 2 fully saturated rings. The maximum absolute atomic E-state index is 13.1. The van der Waals surface area contributed by atoms with E-state index in [2.05, 4.69) is 9.88 Å². The van der Waals surface area contributed by atoms with Crippen LogP contribution in [0.15, 0.2) is 48.8 Å². The lowest BCUT2D eigenvalue weighted by Crippen LogP contribution is -2.51. The van der Waals surface area contributed by atoms with E-state index in [0.717, 1.165) is 43.7 Å². The average molecular weight is 342 g/mol. The third kappa shape index (κ3) is 3.89. The number of fused-ring (bicyclic) bond motifs is 1. The number of benzene rings is 1. The van der Waals surface area contributed by atoms with Crippen LogP contribution < -0.4 is 0 Å². The van der Waals surface area contributed by atoms with Gasteiger partial charge in [-0.1, -0.05) is 18.2 Å². The molecule has 1 aliphatic carbocycles. The Labute approximate surface area is 147 Å². The number of pyridine rings is 1. The number of hydrogen-bond donors (Lipinski definition) is 0. The number of halogens is 1. The van der Waals surface area contributed by atoms with Gasteiger partial charge in [0.05, 0.1) is 25.4 Å². The van der Waals surface area contributed by atoms with Crippen molar-refractivity contribution in [3.63, 3.8) is 0 Å². The Morgan fingerprint density at radius 3 is 2.84 bits per heavy atom. The van der Waals surface area contributed by atoms with Crippen LogP contribution >= 0.6 is 0 Å². The number of hydrogen-bond acceptors (Lipinski definition) is 4. The van der Waals surface area contributed by atoms with Crippen LogP contribution in [0, 0.1) is 5.82 Å². The molecule has 1 saturated heterocycles. The molecule has 0 radical (unpaired) electrons. The summed E-state index contributed by atoms with van der Waals surface area (Å²) in [6, 6.07) is 11.1. The van der Waals surface area contributed by atoms with Gasteiger partial charge < -0.3 is 9.47 Å². The van der Waals surface area contributed by atoms with E-state index in [-0.39, 0.29) is 18.0 Å². The maximum atomic E-state index is 13.1. The number of ether oxygens (including phenoxy) is 2. The van der Waals surface area contributed by atoms with Crippen molar-refractivity contribution >= 4 is 0 Å². The monoisotopic (exact) mass is 342 g/mol. The fourth-order valence-electron chi connectivity index (χ4n) is 3.88. The summed E-state index contributed by atoms with van der Waals surface area (Å²) in [5, 5.41) is 0. The van der Waals surface area contributed by atoms with Crippen molar-refractivity contribution in [3.8, 4) is 0 Å². The van der Waals surface area contributed by atoms with Crippen molar-refractivity contribution in [2.24, 2.45) is 0 Å². The molecule has 3 atom stereocenters. The Morgan fingerprint density at radius 1 is 1.16 bits per heavy atom. The van der Waals surface area contributed by atoms with E-state index in [1.807, 2.05) is 30.5 Å². The van der Waals surface area contributed by atoms with Crippen molar-refractivity contribution in [1.29, 1.82) is 0 Å². The third-order valence-corrected chi connectivity index (χ3v) is 5.14. The van der Waals surface area contributed by atoms with Gasteiger partial charge in [0.1, 0.15) is 5.82 Å². The highest BCUT2D eigenvalue weighted by Crippen LogP contribution is 2.33. The first kappa shape index (κ1) is 16.6. The molecule has 0 N–H and O–H groups in total. The highest BCUT2D eigenvalue weighted by molar-refractivity contribution is 5.16. The quantitative estimate of drug-likeness (QED) is 0.836. The second-order valence-electron chi connectivity index (χ2n) is 6.79. The highest BCUT2D eigenvalue weighted by atomic mass is 19.1. The summed E-state index contributed by atoms with van der Waals surface area (Å²) in [5.74, 6) is -0.187. The Morgan fingerprint density at radius 2 is 2.04 bits per heavy atom. The van der Waals surface area contributed by atoms with Crippen molar-refractivity contribution in [2.75, 3.05) is 13.2 Å². The molecule has 4 rings (SSSR count). The molecule has 0 spiro atoms. The van der Waals surface area contributed by atoms with Gasteiger partial charge in [0.2, 0.25) is 0 Å². The molecule has 2 aliphatic rings. The first-order valence-electron chi connectivity index (χ1n) is 8.90. The molecular formula is C20H23FN2O2. The summed E-state index contributed by atoms with van der Waals surface area (Å²) in [7, 11) is 0. The van der Waals surface area contributed by atoms with E-state index in [1.165, 1.54) is 12.1 Å². The molecule has 2 heterocycles. The van der Waals surface area contributed by atoms with Crippen LogP contribution in [0.25, 0.3) is 0 Å². The van der Waals surface area contributed by atoms with Gasteiger partial charge in [-0.15, -0.1) is 0 Å². The molecule has 1 aromatic heterocycles. The van der Waals surface area contributed by atoms with Crippen LogP contribution in [0.5, 0.6) is 0 Å². The van der Waals surface area contributed by atoms with Gasteiger partial charge >= 0.3 is 0 Å². The molecule has 5 heteroatoms. The molecule has 132 valence electrons. The standard InChI is InChI=1S/C20H23FN2O2/c21-17-5-3-15(4-6-17)13-23-10-11-24-20-18(23)7-8-19(20)25-14-16-2-1-9-22-12-16/h1-6,9,12,18-20H,7-8,10-11,13-14H2/t18-,19+,20+/m0/s1. The predicted octanol–water partition coefficient (Wildman–Crippen LogP) is 3.17. The second kappa shape index (κ2) is 7.60. The SMILES string of the molecule is Fc1ccc(CN2CCO[C@H]3[C@H](OCc4cccnc4)CC[C@@H]32)cc1. The van der Waals surface area contributed by atoms with Crippen molar-refractivity contribution in [3.05, 3.63) is 65.7 Å². The second-order valence-corrected chi connectivity index (χ2v) is 6.79. The van der Waals surface area contributed by atoms with E-state index >= 15 is 0 Å². The van der Waals surface area contributed by atoms with Gasteiger partial charge in [-0.2, -0.15) is 0 Å². The van der Waals surface area contributed by atoms with E-state index < -0.39 is 0 Å². The van der Waals surface area contributed by atoms with Gasteiger partial charge in [0, 0.05) is 31.5 Å². The van der Waals surface area contributed by atoms with Gasteiger partial charge in [-0.25, -0.2) is 4.39 Å². The van der Waals surface area contributed by atoms with E-state index in [0.29, 0.717) is 12.6 Å². The number of nitrogens with zero attached hydrogens (tertiary/aromatic N) is 2. The average Bonchev–Trinajstić information content (AvgIpc) is 3.07. The molecule has 0 unspecified atom stereocenters. The van der Waals surface area contributed by atoms with Crippen LogP contribution in [0.4, 0.5) is 4.39 Å². The number of aromatic nitrogens is 1. The summed E-state index contributed by atoms with van der Waals surface area (Å²) in [6.45, 7) is 3.03. The fraction of sp³-hybridized carbons (Fsp3) is 0.450. The predicted molar refractivity (Wildman–Crippen MR) is 92.4 cm³/mol.